The lowest BCUT2D eigenvalue weighted by atomic mass is 10.1. The Bertz CT molecular complexity index is 321. The number of anilines is 1. The van der Waals surface area contributed by atoms with Gasteiger partial charge in [-0.1, -0.05) is 45.4 Å². The normalized spacial score (nSPS) is 11.0. The minimum absolute atomic E-state index is 0.821. The molecular weight excluding hydrogens is 244 g/mol. The number of nitrogens with one attached hydrogen (secondary N) is 1. The van der Waals surface area contributed by atoms with Crippen LogP contribution in [0.3, 0.4) is 0 Å². The molecule has 0 aliphatic heterocycles. The van der Waals surface area contributed by atoms with Gasteiger partial charge in [0.15, 0.2) is 0 Å². The summed E-state index contributed by atoms with van der Waals surface area (Å²) in [6.07, 6.45) is 5.14. The Labute approximate surface area is 125 Å². The van der Waals surface area contributed by atoms with E-state index in [0.717, 1.165) is 32.1 Å². The molecule has 0 unspecified atom stereocenters. The molecule has 2 nitrogen and oxygen atoms in total. The zero-order chi connectivity index (χ0) is 14.6. The van der Waals surface area contributed by atoms with E-state index in [0.29, 0.717) is 0 Å². The molecule has 0 saturated carbocycles. The monoisotopic (exact) mass is 276 g/mol. The zero-order valence-electron chi connectivity index (χ0n) is 13.6. The SMILES string of the molecule is CCCCN(CCNCCCC(C)C)c1ccccc1. The maximum absolute atomic E-state index is 3.58. The average Bonchev–Trinajstić information content (AvgIpc) is 2.46. The van der Waals surface area contributed by atoms with Gasteiger partial charge in [-0.2, -0.15) is 0 Å². The summed E-state index contributed by atoms with van der Waals surface area (Å²) in [6.45, 7) is 11.3. The third kappa shape index (κ3) is 7.54. The van der Waals surface area contributed by atoms with Crippen LogP contribution in [-0.2, 0) is 0 Å². The van der Waals surface area contributed by atoms with Crippen LogP contribution in [0.4, 0.5) is 5.69 Å². The molecule has 2 heteroatoms. The first-order valence-corrected chi connectivity index (χ1v) is 8.24. The summed E-state index contributed by atoms with van der Waals surface area (Å²) in [5, 5.41) is 3.58. The van der Waals surface area contributed by atoms with E-state index >= 15 is 0 Å². The maximum Gasteiger partial charge on any atom is 0.0366 e. The van der Waals surface area contributed by atoms with Crippen molar-refractivity contribution in [3.8, 4) is 0 Å². The van der Waals surface area contributed by atoms with E-state index in [1.165, 1.54) is 31.4 Å². The Morgan fingerprint density at radius 3 is 2.40 bits per heavy atom. The number of benzene rings is 1. The largest absolute Gasteiger partial charge is 0.370 e. The molecule has 0 fully saturated rings. The van der Waals surface area contributed by atoms with Gasteiger partial charge in [0, 0.05) is 25.3 Å². The van der Waals surface area contributed by atoms with E-state index in [4.69, 9.17) is 0 Å². The van der Waals surface area contributed by atoms with E-state index in [-0.39, 0.29) is 0 Å². The van der Waals surface area contributed by atoms with Gasteiger partial charge in [-0.05, 0) is 43.9 Å². The van der Waals surface area contributed by atoms with Crippen LogP contribution < -0.4 is 10.2 Å². The standard InChI is InChI=1S/C18H32N2/c1-4-5-15-20(18-11-7-6-8-12-18)16-14-19-13-9-10-17(2)3/h6-8,11-12,17,19H,4-5,9-10,13-16H2,1-3H3. The fraction of sp³-hybridized carbons (Fsp3) is 0.667. The summed E-state index contributed by atoms with van der Waals surface area (Å²) < 4.78 is 0. The zero-order valence-corrected chi connectivity index (χ0v) is 13.6. The second-order valence-electron chi connectivity index (χ2n) is 5.96. The lowest BCUT2D eigenvalue weighted by Gasteiger charge is -2.25. The van der Waals surface area contributed by atoms with Crippen molar-refractivity contribution in [3.63, 3.8) is 0 Å². The van der Waals surface area contributed by atoms with Crippen molar-refractivity contribution in [2.24, 2.45) is 5.92 Å². The van der Waals surface area contributed by atoms with Gasteiger partial charge in [-0.25, -0.2) is 0 Å². The molecule has 1 aromatic carbocycles. The van der Waals surface area contributed by atoms with Crippen molar-refractivity contribution in [1.29, 1.82) is 0 Å². The molecule has 0 heterocycles. The van der Waals surface area contributed by atoms with Gasteiger partial charge in [0.25, 0.3) is 0 Å². The third-order valence-corrected chi connectivity index (χ3v) is 3.60. The molecule has 0 radical (unpaired) electrons. The molecule has 0 atom stereocenters. The first-order valence-electron chi connectivity index (χ1n) is 8.24. The van der Waals surface area contributed by atoms with Crippen molar-refractivity contribution in [3.05, 3.63) is 30.3 Å². The first kappa shape index (κ1) is 17.0. The smallest absolute Gasteiger partial charge is 0.0366 e. The molecule has 0 amide bonds. The van der Waals surface area contributed by atoms with Crippen LogP contribution in [0.15, 0.2) is 30.3 Å². The molecule has 114 valence electrons. The average molecular weight is 276 g/mol. The molecule has 1 rings (SSSR count). The van der Waals surface area contributed by atoms with Crippen LogP contribution in [0.1, 0.15) is 46.5 Å². The number of nitrogens with zero attached hydrogens (tertiary/aromatic N) is 1. The van der Waals surface area contributed by atoms with Gasteiger partial charge in [0.05, 0.1) is 0 Å². The van der Waals surface area contributed by atoms with E-state index in [1.54, 1.807) is 0 Å². The topological polar surface area (TPSA) is 15.3 Å². The number of unbranched alkanes of at least 4 members (excludes halogenated alkanes) is 1. The molecule has 0 aliphatic rings. The molecule has 0 bridgehead atoms. The van der Waals surface area contributed by atoms with Crippen molar-refractivity contribution in [2.75, 3.05) is 31.1 Å². The van der Waals surface area contributed by atoms with Gasteiger partial charge in [-0.15, -0.1) is 0 Å². The summed E-state index contributed by atoms with van der Waals surface area (Å²) in [6, 6.07) is 10.8. The number of para-hydroxylation sites is 1. The van der Waals surface area contributed by atoms with Crippen molar-refractivity contribution in [1.82, 2.24) is 5.32 Å². The molecular formula is C18H32N2. The predicted octanol–water partition coefficient (Wildman–Crippen LogP) is 4.32. The van der Waals surface area contributed by atoms with Gasteiger partial charge in [0.1, 0.15) is 0 Å². The summed E-state index contributed by atoms with van der Waals surface area (Å²) >= 11 is 0. The quantitative estimate of drug-likeness (QED) is 0.606. The molecule has 0 aliphatic carbocycles. The highest BCUT2D eigenvalue weighted by atomic mass is 15.1. The Balaban J connectivity index is 2.27. The van der Waals surface area contributed by atoms with Gasteiger partial charge < -0.3 is 10.2 Å². The molecule has 0 spiro atoms. The van der Waals surface area contributed by atoms with Crippen LogP contribution in [0.25, 0.3) is 0 Å². The Morgan fingerprint density at radius 2 is 1.75 bits per heavy atom. The van der Waals surface area contributed by atoms with Gasteiger partial charge >= 0.3 is 0 Å². The Hall–Kier alpha value is -1.02. The van der Waals surface area contributed by atoms with Crippen LogP contribution in [-0.4, -0.2) is 26.2 Å². The predicted molar refractivity (Wildman–Crippen MR) is 90.5 cm³/mol. The molecule has 1 aromatic rings. The summed E-state index contributed by atoms with van der Waals surface area (Å²) in [5.74, 6) is 0.821. The molecule has 0 saturated heterocycles. The van der Waals surface area contributed by atoms with Crippen LogP contribution in [0, 0.1) is 5.92 Å². The minimum Gasteiger partial charge on any atom is -0.370 e. The highest BCUT2D eigenvalue weighted by Gasteiger charge is 2.04. The second-order valence-corrected chi connectivity index (χ2v) is 5.96. The van der Waals surface area contributed by atoms with E-state index in [1.807, 2.05) is 0 Å². The molecule has 20 heavy (non-hydrogen) atoms. The Morgan fingerprint density at radius 1 is 1.00 bits per heavy atom. The molecule has 1 N–H and O–H groups in total. The lowest BCUT2D eigenvalue weighted by molar-refractivity contribution is 0.526. The number of rotatable bonds is 11. The van der Waals surface area contributed by atoms with Gasteiger partial charge in [0.2, 0.25) is 0 Å². The number of hydrogen-bond donors (Lipinski definition) is 1. The first-order chi connectivity index (χ1) is 9.74. The van der Waals surface area contributed by atoms with Crippen molar-refractivity contribution < 1.29 is 0 Å². The fourth-order valence-corrected chi connectivity index (χ4v) is 2.33. The lowest BCUT2D eigenvalue weighted by Crippen LogP contribution is -2.33. The minimum atomic E-state index is 0.821. The van der Waals surface area contributed by atoms with E-state index in [9.17, 15) is 0 Å². The highest BCUT2D eigenvalue weighted by molar-refractivity contribution is 5.45. The summed E-state index contributed by atoms with van der Waals surface area (Å²) in [4.78, 5) is 2.50. The summed E-state index contributed by atoms with van der Waals surface area (Å²) in [5.41, 5.74) is 1.35. The maximum atomic E-state index is 3.58. The van der Waals surface area contributed by atoms with Crippen molar-refractivity contribution >= 4 is 5.69 Å². The van der Waals surface area contributed by atoms with E-state index < -0.39 is 0 Å². The second kappa shape index (κ2) is 10.7. The number of hydrogen-bond acceptors (Lipinski definition) is 2. The van der Waals surface area contributed by atoms with Crippen LogP contribution in [0.2, 0.25) is 0 Å². The highest BCUT2D eigenvalue weighted by Crippen LogP contribution is 2.13. The Kier molecular flexibility index (Phi) is 9.14. The molecule has 0 aromatic heterocycles. The third-order valence-electron chi connectivity index (χ3n) is 3.60. The van der Waals surface area contributed by atoms with Crippen molar-refractivity contribution in [2.45, 2.75) is 46.5 Å². The van der Waals surface area contributed by atoms with Gasteiger partial charge in [-0.3, -0.25) is 0 Å². The van der Waals surface area contributed by atoms with Crippen LogP contribution >= 0.6 is 0 Å². The summed E-state index contributed by atoms with van der Waals surface area (Å²) in [7, 11) is 0. The fourth-order valence-electron chi connectivity index (χ4n) is 2.33. The van der Waals surface area contributed by atoms with Crippen LogP contribution in [0.5, 0.6) is 0 Å². The van der Waals surface area contributed by atoms with E-state index in [2.05, 4.69) is 61.3 Å².